The van der Waals surface area contributed by atoms with Crippen molar-refractivity contribution in [2.24, 2.45) is 0 Å². The maximum absolute atomic E-state index is 4.38. The Labute approximate surface area is 90.7 Å². The second-order valence-electron chi connectivity index (χ2n) is 3.16. The van der Waals surface area contributed by atoms with E-state index in [4.69, 9.17) is 0 Å². The summed E-state index contributed by atoms with van der Waals surface area (Å²) in [4.78, 5) is 11.8. The van der Waals surface area contributed by atoms with E-state index in [9.17, 15) is 0 Å². The highest BCUT2D eigenvalue weighted by molar-refractivity contribution is 9.10. The molecule has 2 aromatic rings. The summed E-state index contributed by atoms with van der Waals surface area (Å²) < 4.78 is 1.01. The Morgan fingerprint density at radius 2 is 2.14 bits per heavy atom. The number of halogens is 1. The third-order valence-electron chi connectivity index (χ3n) is 2.09. The Balaban J connectivity index is 2.49. The summed E-state index contributed by atoms with van der Waals surface area (Å²) >= 11 is 3.40. The topological polar surface area (TPSA) is 41.6 Å². The highest BCUT2D eigenvalue weighted by Crippen LogP contribution is 2.18. The number of aryl methyl sites for hydroxylation is 2. The van der Waals surface area contributed by atoms with Crippen molar-refractivity contribution < 1.29 is 0 Å². The zero-order chi connectivity index (χ0) is 10.1. The fourth-order valence-corrected chi connectivity index (χ4v) is 1.54. The summed E-state index contributed by atoms with van der Waals surface area (Å²) in [5, 5.41) is 0. The number of aromatic amines is 1. The lowest BCUT2D eigenvalue weighted by atomic mass is 10.3. The summed E-state index contributed by atoms with van der Waals surface area (Å²) in [6.45, 7) is 3.98. The SMILES string of the molecule is Cc1nc(-c2cc(Br)ccn2)[nH]c1C. The number of imidazole rings is 1. The molecule has 2 rings (SSSR count). The summed E-state index contributed by atoms with van der Waals surface area (Å²) in [5.41, 5.74) is 2.96. The molecule has 0 fully saturated rings. The van der Waals surface area contributed by atoms with E-state index in [0.29, 0.717) is 0 Å². The predicted octanol–water partition coefficient (Wildman–Crippen LogP) is 2.85. The number of nitrogens with zero attached hydrogens (tertiary/aromatic N) is 2. The van der Waals surface area contributed by atoms with Gasteiger partial charge in [-0.05, 0) is 26.0 Å². The Kier molecular flexibility index (Phi) is 2.37. The molecule has 0 aromatic carbocycles. The lowest BCUT2D eigenvalue weighted by Crippen LogP contribution is -1.84. The summed E-state index contributed by atoms with van der Waals surface area (Å²) in [7, 11) is 0. The van der Waals surface area contributed by atoms with Gasteiger partial charge in [-0.2, -0.15) is 0 Å². The molecule has 0 saturated carbocycles. The average Bonchev–Trinajstić information content (AvgIpc) is 2.47. The zero-order valence-corrected chi connectivity index (χ0v) is 9.59. The minimum absolute atomic E-state index is 0.821. The van der Waals surface area contributed by atoms with Gasteiger partial charge in [-0.15, -0.1) is 0 Å². The molecule has 72 valence electrons. The van der Waals surface area contributed by atoms with Crippen molar-refractivity contribution in [3.05, 3.63) is 34.2 Å². The lowest BCUT2D eigenvalue weighted by Gasteiger charge is -1.95. The molecular formula is C10H10BrN3. The number of nitrogens with one attached hydrogen (secondary N) is 1. The minimum Gasteiger partial charge on any atom is -0.341 e. The summed E-state index contributed by atoms with van der Waals surface area (Å²) in [6.07, 6.45) is 1.76. The van der Waals surface area contributed by atoms with Crippen LogP contribution >= 0.6 is 15.9 Å². The fourth-order valence-electron chi connectivity index (χ4n) is 1.20. The first-order valence-corrected chi connectivity index (χ1v) is 5.11. The smallest absolute Gasteiger partial charge is 0.156 e. The molecule has 0 aliphatic heterocycles. The molecule has 0 amide bonds. The summed E-state index contributed by atoms with van der Waals surface area (Å²) in [6, 6.07) is 3.84. The summed E-state index contributed by atoms with van der Waals surface area (Å²) in [5.74, 6) is 0.821. The van der Waals surface area contributed by atoms with Gasteiger partial charge in [0, 0.05) is 16.4 Å². The molecule has 2 aromatic heterocycles. The van der Waals surface area contributed by atoms with Crippen LogP contribution in [0.25, 0.3) is 11.5 Å². The van der Waals surface area contributed by atoms with Crippen LogP contribution in [0.15, 0.2) is 22.8 Å². The van der Waals surface area contributed by atoms with Gasteiger partial charge in [-0.1, -0.05) is 15.9 Å². The molecule has 0 spiro atoms. The van der Waals surface area contributed by atoms with Crippen molar-refractivity contribution in [2.75, 3.05) is 0 Å². The van der Waals surface area contributed by atoms with Crippen molar-refractivity contribution in [1.82, 2.24) is 15.0 Å². The van der Waals surface area contributed by atoms with Crippen molar-refractivity contribution >= 4 is 15.9 Å². The molecule has 2 heterocycles. The van der Waals surface area contributed by atoms with E-state index < -0.39 is 0 Å². The molecule has 3 nitrogen and oxygen atoms in total. The van der Waals surface area contributed by atoms with Crippen LogP contribution in [-0.2, 0) is 0 Å². The number of hydrogen-bond acceptors (Lipinski definition) is 2. The van der Waals surface area contributed by atoms with E-state index in [0.717, 1.165) is 27.4 Å². The van der Waals surface area contributed by atoms with E-state index in [1.807, 2.05) is 26.0 Å². The molecule has 14 heavy (non-hydrogen) atoms. The molecule has 0 aliphatic rings. The highest BCUT2D eigenvalue weighted by atomic mass is 79.9. The molecule has 0 aliphatic carbocycles. The second kappa shape index (κ2) is 3.53. The number of hydrogen-bond donors (Lipinski definition) is 1. The molecule has 0 atom stereocenters. The lowest BCUT2D eigenvalue weighted by molar-refractivity contribution is 1.20. The monoisotopic (exact) mass is 251 g/mol. The molecule has 0 saturated heterocycles. The van der Waals surface area contributed by atoms with E-state index in [1.165, 1.54) is 0 Å². The van der Waals surface area contributed by atoms with Crippen molar-refractivity contribution in [1.29, 1.82) is 0 Å². The second-order valence-corrected chi connectivity index (χ2v) is 4.07. The molecule has 1 N–H and O–H groups in total. The van der Waals surface area contributed by atoms with Crippen LogP contribution in [0.3, 0.4) is 0 Å². The molecule has 0 radical (unpaired) electrons. The van der Waals surface area contributed by atoms with Crippen LogP contribution in [0.4, 0.5) is 0 Å². The van der Waals surface area contributed by atoms with Crippen LogP contribution in [0.2, 0.25) is 0 Å². The Morgan fingerprint density at radius 3 is 2.71 bits per heavy atom. The number of rotatable bonds is 1. The normalized spacial score (nSPS) is 10.5. The van der Waals surface area contributed by atoms with Crippen LogP contribution in [-0.4, -0.2) is 15.0 Å². The third kappa shape index (κ3) is 1.70. The fraction of sp³-hybridized carbons (Fsp3) is 0.200. The average molecular weight is 252 g/mol. The van der Waals surface area contributed by atoms with Gasteiger partial charge in [0.2, 0.25) is 0 Å². The highest BCUT2D eigenvalue weighted by Gasteiger charge is 2.05. The third-order valence-corrected chi connectivity index (χ3v) is 2.59. The van der Waals surface area contributed by atoms with Gasteiger partial charge in [0.05, 0.1) is 5.69 Å². The van der Waals surface area contributed by atoms with Crippen LogP contribution in [0.5, 0.6) is 0 Å². The molecule has 0 bridgehead atoms. The molecule has 4 heteroatoms. The first-order valence-electron chi connectivity index (χ1n) is 4.32. The van der Waals surface area contributed by atoms with Crippen molar-refractivity contribution in [3.63, 3.8) is 0 Å². The van der Waals surface area contributed by atoms with E-state index in [1.54, 1.807) is 6.20 Å². The zero-order valence-electron chi connectivity index (χ0n) is 8.00. The van der Waals surface area contributed by atoms with E-state index >= 15 is 0 Å². The van der Waals surface area contributed by atoms with Gasteiger partial charge >= 0.3 is 0 Å². The first-order chi connectivity index (χ1) is 6.66. The van der Waals surface area contributed by atoms with Crippen LogP contribution < -0.4 is 0 Å². The predicted molar refractivity (Wildman–Crippen MR) is 59.0 cm³/mol. The van der Waals surface area contributed by atoms with Crippen molar-refractivity contribution in [2.45, 2.75) is 13.8 Å². The minimum atomic E-state index is 0.821. The maximum Gasteiger partial charge on any atom is 0.156 e. The van der Waals surface area contributed by atoms with E-state index in [-0.39, 0.29) is 0 Å². The van der Waals surface area contributed by atoms with Crippen LogP contribution in [0, 0.1) is 13.8 Å². The van der Waals surface area contributed by atoms with E-state index in [2.05, 4.69) is 30.9 Å². The van der Waals surface area contributed by atoms with Crippen LogP contribution in [0.1, 0.15) is 11.4 Å². The number of aromatic nitrogens is 3. The van der Waals surface area contributed by atoms with Gasteiger partial charge in [-0.25, -0.2) is 4.98 Å². The number of H-pyrrole nitrogens is 1. The van der Waals surface area contributed by atoms with Gasteiger partial charge < -0.3 is 4.98 Å². The van der Waals surface area contributed by atoms with Gasteiger partial charge in [0.15, 0.2) is 5.82 Å². The van der Waals surface area contributed by atoms with Gasteiger partial charge in [0.25, 0.3) is 0 Å². The first kappa shape index (κ1) is 9.40. The standard InChI is InChI=1S/C10H10BrN3/c1-6-7(2)14-10(13-6)9-5-8(11)3-4-12-9/h3-5H,1-2H3,(H,13,14). The largest absolute Gasteiger partial charge is 0.341 e. The van der Waals surface area contributed by atoms with Gasteiger partial charge in [-0.3, -0.25) is 4.98 Å². The number of pyridine rings is 1. The van der Waals surface area contributed by atoms with Crippen molar-refractivity contribution in [3.8, 4) is 11.5 Å². The Morgan fingerprint density at radius 1 is 1.36 bits per heavy atom. The quantitative estimate of drug-likeness (QED) is 0.847. The molecular weight excluding hydrogens is 242 g/mol. The van der Waals surface area contributed by atoms with Gasteiger partial charge in [0.1, 0.15) is 5.69 Å². The Bertz CT molecular complexity index is 443. The Hall–Kier alpha value is -1.16. The maximum atomic E-state index is 4.38. The molecule has 0 unspecified atom stereocenters.